The summed E-state index contributed by atoms with van der Waals surface area (Å²) >= 11 is 0. The molecule has 0 bridgehead atoms. The van der Waals surface area contributed by atoms with Gasteiger partial charge in [-0.3, -0.25) is 0 Å². The number of ether oxygens (including phenoxy) is 2. The first kappa shape index (κ1) is 13.3. The van der Waals surface area contributed by atoms with Crippen LogP contribution in [-0.2, 0) is 0 Å². The van der Waals surface area contributed by atoms with E-state index in [1.165, 1.54) is 12.8 Å². The maximum absolute atomic E-state index is 6.15. The van der Waals surface area contributed by atoms with Crippen molar-refractivity contribution in [2.45, 2.75) is 38.2 Å². The van der Waals surface area contributed by atoms with Crippen LogP contribution >= 0.6 is 0 Å². The third kappa shape index (κ3) is 2.35. The minimum absolute atomic E-state index is 0.301. The van der Waals surface area contributed by atoms with E-state index in [4.69, 9.17) is 9.47 Å². The maximum Gasteiger partial charge on any atom is 0.120 e. The molecule has 0 heterocycles. The fourth-order valence-electron chi connectivity index (χ4n) is 3.71. The molecular formula is C18H22O2. The smallest absolute Gasteiger partial charge is 0.120 e. The Hall–Kier alpha value is -1.70. The molecule has 0 aliphatic heterocycles. The lowest BCUT2D eigenvalue weighted by atomic mass is 9.80. The van der Waals surface area contributed by atoms with Crippen molar-refractivity contribution >= 4 is 0 Å². The van der Waals surface area contributed by atoms with Crippen LogP contribution in [0.3, 0.4) is 0 Å². The summed E-state index contributed by atoms with van der Waals surface area (Å²) in [5.41, 5.74) is 1.94. The molecule has 2 nitrogen and oxygen atoms in total. The second-order valence-corrected chi connectivity index (χ2v) is 5.86. The summed E-state index contributed by atoms with van der Waals surface area (Å²) in [7, 11) is 1.68. The monoisotopic (exact) mass is 270 g/mol. The molecule has 1 saturated carbocycles. The maximum atomic E-state index is 6.15. The van der Waals surface area contributed by atoms with E-state index in [0.717, 1.165) is 30.8 Å². The van der Waals surface area contributed by atoms with Crippen LogP contribution in [0.5, 0.6) is 11.5 Å². The van der Waals surface area contributed by atoms with Gasteiger partial charge in [0.25, 0.3) is 0 Å². The lowest BCUT2D eigenvalue weighted by Crippen LogP contribution is -2.19. The van der Waals surface area contributed by atoms with Gasteiger partial charge in [-0.05, 0) is 55.4 Å². The van der Waals surface area contributed by atoms with Gasteiger partial charge in [-0.15, -0.1) is 6.58 Å². The van der Waals surface area contributed by atoms with Gasteiger partial charge in [0.1, 0.15) is 17.6 Å². The average Bonchev–Trinajstić information content (AvgIpc) is 2.96. The standard InChI is InChI=1S/C18H22O2/c1-3-10-18-11-4-5-14(18)12-17(13-18)20-16-8-6-15(19-2)7-9-16/h3,5-9,17H,1,4,10-13H2,2H3/t17-,18-/m1/s1. The van der Waals surface area contributed by atoms with E-state index in [9.17, 15) is 0 Å². The summed E-state index contributed by atoms with van der Waals surface area (Å²) in [5.74, 6) is 1.80. The Kier molecular flexibility index (Phi) is 3.56. The predicted octanol–water partition coefficient (Wildman–Crippen LogP) is 4.52. The Morgan fingerprint density at radius 1 is 1.30 bits per heavy atom. The predicted molar refractivity (Wildman–Crippen MR) is 81.2 cm³/mol. The fraction of sp³-hybridized carbons (Fsp3) is 0.444. The van der Waals surface area contributed by atoms with Gasteiger partial charge in [0.05, 0.1) is 7.11 Å². The van der Waals surface area contributed by atoms with Gasteiger partial charge in [-0.2, -0.15) is 0 Å². The van der Waals surface area contributed by atoms with Crippen LogP contribution in [0, 0.1) is 5.41 Å². The van der Waals surface area contributed by atoms with Crippen molar-refractivity contribution in [3.05, 3.63) is 48.6 Å². The van der Waals surface area contributed by atoms with E-state index in [0.29, 0.717) is 11.5 Å². The van der Waals surface area contributed by atoms with E-state index in [1.807, 2.05) is 24.3 Å². The normalized spacial score (nSPS) is 27.9. The average molecular weight is 270 g/mol. The topological polar surface area (TPSA) is 18.5 Å². The third-order valence-corrected chi connectivity index (χ3v) is 4.66. The molecule has 20 heavy (non-hydrogen) atoms. The van der Waals surface area contributed by atoms with E-state index in [1.54, 1.807) is 12.7 Å². The number of fused-ring (bicyclic) bond motifs is 1. The number of methoxy groups -OCH3 is 1. The molecule has 1 fully saturated rings. The summed E-state index contributed by atoms with van der Waals surface area (Å²) in [6.07, 6.45) is 10.5. The van der Waals surface area contributed by atoms with Gasteiger partial charge >= 0.3 is 0 Å². The van der Waals surface area contributed by atoms with Crippen LogP contribution in [0.4, 0.5) is 0 Å². The Morgan fingerprint density at radius 3 is 2.75 bits per heavy atom. The Labute approximate surface area is 121 Å². The van der Waals surface area contributed by atoms with Crippen LogP contribution in [0.15, 0.2) is 48.6 Å². The summed E-state index contributed by atoms with van der Waals surface area (Å²) < 4.78 is 11.3. The molecule has 0 unspecified atom stereocenters. The van der Waals surface area contributed by atoms with E-state index >= 15 is 0 Å². The molecule has 0 aromatic heterocycles. The van der Waals surface area contributed by atoms with Gasteiger partial charge in [0.2, 0.25) is 0 Å². The highest BCUT2D eigenvalue weighted by Gasteiger charge is 2.45. The Morgan fingerprint density at radius 2 is 2.05 bits per heavy atom. The van der Waals surface area contributed by atoms with E-state index in [2.05, 4.69) is 18.7 Å². The highest BCUT2D eigenvalue weighted by Crippen LogP contribution is 2.53. The molecule has 0 radical (unpaired) electrons. The van der Waals surface area contributed by atoms with Gasteiger partial charge in [-0.25, -0.2) is 0 Å². The van der Waals surface area contributed by atoms with Crippen molar-refractivity contribution in [2.75, 3.05) is 7.11 Å². The SMILES string of the molecule is C=CC[C@]12CCC=C1C[C@@H](Oc1ccc(OC)cc1)C2. The number of allylic oxidation sites excluding steroid dienone is 2. The summed E-state index contributed by atoms with van der Waals surface area (Å²) in [4.78, 5) is 0. The van der Waals surface area contributed by atoms with Crippen molar-refractivity contribution in [1.82, 2.24) is 0 Å². The number of hydrogen-bond donors (Lipinski definition) is 0. The Bertz CT molecular complexity index is 515. The minimum Gasteiger partial charge on any atom is -0.497 e. The largest absolute Gasteiger partial charge is 0.497 e. The number of hydrogen-bond acceptors (Lipinski definition) is 2. The first-order chi connectivity index (χ1) is 9.75. The van der Waals surface area contributed by atoms with Crippen molar-refractivity contribution in [3.63, 3.8) is 0 Å². The summed E-state index contributed by atoms with van der Waals surface area (Å²) in [5, 5.41) is 0. The third-order valence-electron chi connectivity index (χ3n) is 4.66. The highest BCUT2D eigenvalue weighted by atomic mass is 16.5. The second-order valence-electron chi connectivity index (χ2n) is 5.86. The van der Waals surface area contributed by atoms with Crippen LogP contribution < -0.4 is 9.47 Å². The van der Waals surface area contributed by atoms with Crippen LogP contribution in [-0.4, -0.2) is 13.2 Å². The van der Waals surface area contributed by atoms with Crippen LogP contribution in [0.1, 0.15) is 32.1 Å². The quantitative estimate of drug-likeness (QED) is 0.732. The molecule has 106 valence electrons. The van der Waals surface area contributed by atoms with Crippen molar-refractivity contribution in [3.8, 4) is 11.5 Å². The number of benzene rings is 1. The lowest BCUT2D eigenvalue weighted by Gasteiger charge is -2.25. The summed E-state index contributed by atoms with van der Waals surface area (Å²) in [6.45, 7) is 3.93. The molecule has 0 N–H and O–H groups in total. The van der Waals surface area contributed by atoms with Gasteiger partial charge in [0, 0.05) is 6.42 Å². The molecule has 2 aliphatic carbocycles. The van der Waals surface area contributed by atoms with Gasteiger partial charge in [0.15, 0.2) is 0 Å². The molecule has 3 rings (SSSR count). The number of rotatable bonds is 5. The zero-order valence-electron chi connectivity index (χ0n) is 12.1. The first-order valence-corrected chi connectivity index (χ1v) is 7.37. The Balaban J connectivity index is 1.69. The van der Waals surface area contributed by atoms with Crippen LogP contribution in [0.25, 0.3) is 0 Å². The molecule has 0 saturated heterocycles. The molecule has 2 heteroatoms. The minimum atomic E-state index is 0.301. The molecule has 0 spiro atoms. The van der Waals surface area contributed by atoms with Crippen LogP contribution in [0.2, 0.25) is 0 Å². The first-order valence-electron chi connectivity index (χ1n) is 7.37. The van der Waals surface area contributed by atoms with E-state index < -0.39 is 0 Å². The zero-order valence-corrected chi connectivity index (χ0v) is 12.1. The van der Waals surface area contributed by atoms with Crippen molar-refractivity contribution in [1.29, 1.82) is 0 Å². The van der Waals surface area contributed by atoms with Gasteiger partial charge in [-0.1, -0.05) is 17.7 Å². The lowest BCUT2D eigenvalue weighted by molar-refractivity contribution is 0.181. The van der Waals surface area contributed by atoms with E-state index in [-0.39, 0.29) is 0 Å². The molecule has 1 aromatic rings. The summed E-state index contributed by atoms with van der Waals surface area (Å²) in [6, 6.07) is 7.87. The molecule has 2 aliphatic rings. The molecule has 2 atom stereocenters. The molecule has 1 aromatic carbocycles. The highest BCUT2D eigenvalue weighted by molar-refractivity contribution is 5.33. The van der Waals surface area contributed by atoms with Crippen molar-refractivity contribution in [2.24, 2.45) is 5.41 Å². The zero-order chi connectivity index (χ0) is 14.0. The van der Waals surface area contributed by atoms with Gasteiger partial charge < -0.3 is 9.47 Å². The molecular weight excluding hydrogens is 248 g/mol. The molecule has 0 amide bonds. The second kappa shape index (κ2) is 5.35. The van der Waals surface area contributed by atoms with Crippen molar-refractivity contribution < 1.29 is 9.47 Å². The fourth-order valence-corrected chi connectivity index (χ4v) is 3.71.